The molecule has 140 valence electrons. The molecule has 1 aromatic carbocycles. The number of aromatic nitrogens is 2. The topological polar surface area (TPSA) is 102 Å². The largest absolute Gasteiger partial charge is 0.493 e. The SMILES string of the molecule is COc1ccc(CNC(=O)c2c(O)nc3cc(C)ccn3c2=O)cc1OC. The average molecular weight is 369 g/mol. The second-order valence-electron chi connectivity index (χ2n) is 5.92. The van der Waals surface area contributed by atoms with Crippen LogP contribution in [0.25, 0.3) is 5.65 Å². The molecule has 0 saturated carbocycles. The highest BCUT2D eigenvalue weighted by Crippen LogP contribution is 2.27. The zero-order valence-electron chi connectivity index (χ0n) is 15.1. The number of hydrogen-bond donors (Lipinski definition) is 2. The van der Waals surface area contributed by atoms with E-state index in [9.17, 15) is 14.7 Å². The van der Waals surface area contributed by atoms with E-state index >= 15 is 0 Å². The maximum absolute atomic E-state index is 12.6. The van der Waals surface area contributed by atoms with E-state index in [1.807, 2.05) is 6.92 Å². The summed E-state index contributed by atoms with van der Waals surface area (Å²) in [4.78, 5) is 29.0. The van der Waals surface area contributed by atoms with Crippen LogP contribution in [0, 0.1) is 6.92 Å². The first kappa shape index (κ1) is 18.2. The van der Waals surface area contributed by atoms with Crippen molar-refractivity contribution in [2.75, 3.05) is 14.2 Å². The molecule has 2 N–H and O–H groups in total. The maximum atomic E-state index is 12.6. The number of rotatable bonds is 5. The van der Waals surface area contributed by atoms with E-state index < -0.39 is 22.9 Å². The Morgan fingerprint density at radius 3 is 2.63 bits per heavy atom. The maximum Gasteiger partial charge on any atom is 0.274 e. The molecule has 0 saturated heterocycles. The number of ether oxygens (including phenoxy) is 2. The smallest absolute Gasteiger partial charge is 0.274 e. The molecule has 2 heterocycles. The van der Waals surface area contributed by atoms with Gasteiger partial charge in [-0.2, -0.15) is 4.98 Å². The molecule has 0 radical (unpaired) electrons. The van der Waals surface area contributed by atoms with Gasteiger partial charge in [0.2, 0.25) is 5.88 Å². The number of carbonyl (C=O) groups excluding carboxylic acids is 1. The summed E-state index contributed by atoms with van der Waals surface area (Å²) in [7, 11) is 3.05. The molecular weight excluding hydrogens is 350 g/mol. The molecule has 8 nitrogen and oxygen atoms in total. The van der Waals surface area contributed by atoms with Crippen LogP contribution in [-0.2, 0) is 6.54 Å². The first-order valence-electron chi connectivity index (χ1n) is 8.15. The number of nitrogens with zero attached hydrogens (tertiary/aromatic N) is 2. The third-order valence-electron chi connectivity index (χ3n) is 4.09. The average Bonchev–Trinajstić information content (AvgIpc) is 2.65. The molecule has 0 aliphatic heterocycles. The Kier molecular flexibility index (Phi) is 4.98. The molecule has 3 rings (SSSR count). The van der Waals surface area contributed by atoms with Crippen molar-refractivity contribution >= 4 is 11.6 Å². The van der Waals surface area contributed by atoms with Gasteiger partial charge in [0.25, 0.3) is 11.5 Å². The van der Waals surface area contributed by atoms with Gasteiger partial charge in [0, 0.05) is 12.7 Å². The highest BCUT2D eigenvalue weighted by Gasteiger charge is 2.19. The standard InChI is InChI=1S/C19H19N3O5/c1-11-6-7-22-15(8-11)21-18(24)16(19(22)25)17(23)20-10-12-4-5-13(26-2)14(9-12)27-3/h4-9,24H,10H2,1-3H3,(H,20,23). The van der Waals surface area contributed by atoms with E-state index in [0.717, 1.165) is 11.1 Å². The van der Waals surface area contributed by atoms with E-state index in [4.69, 9.17) is 9.47 Å². The van der Waals surface area contributed by atoms with Gasteiger partial charge in [-0.05, 0) is 42.3 Å². The molecule has 8 heteroatoms. The Morgan fingerprint density at radius 1 is 1.19 bits per heavy atom. The number of aromatic hydroxyl groups is 1. The van der Waals surface area contributed by atoms with Crippen LogP contribution >= 0.6 is 0 Å². The first-order valence-corrected chi connectivity index (χ1v) is 8.15. The molecule has 0 bridgehead atoms. The Bertz CT molecular complexity index is 1070. The minimum atomic E-state index is -0.713. The van der Waals surface area contributed by atoms with Crippen LogP contribution in [0.3, 0.4) is 0 Å². The van der Waals surface area contributed by atoms with Gasteiger partial charge >= 0.3 is 0 Å². The normalized spacial score (nSPS) is 10.6. The van der Waals surface area contributed by atoms with Crippen molar-refractivity contribution in [2.24, 2.45) is 0 Å². The minimum Gasteiger partial charge on any atom is -0.493 e. The van der Waals surface area contributed by atoms with E-state index in [-0.39, 0.29) is 12.2 Å². The van der Waals surface area contributed by atoms with Crippen molar-refractivity contribution in [1.82, 2.24) is 14.7 Å². The lowest BCUT2D eigenvalue weighted by molar-refractivity contribution is 0.0945. The summed E-state index contributed by atoms with van der Waals surface area (Å²) < 4.78 is 11.6. The van der Waals surface area contributed by atoms with Gasteiger partial charge in [-0.1, -0.05) is 6.07 Å². The molecule has 0 unspecified atom stereocenters. The number of nitrogens with one attached hydrogen (secondary N) is 1. The summed E-state index contributed by atoms with van der Waals surface area (Å²) in [5, 5.41) is 12.7. The highest BCUT2D eigenvalue weighted by molar-refractivity contribution is 5.96. The molecule has 27 heavy (non-hydrogen) atoms. The number of aryl methyl sites for hydroxylation is 1. The van der Waals surface area contributed by atoms with Crippen molar-refractivity contribution in [3.05, 3.63) is 63.6 Å². The molecule has 3 aromatic rings. The quantitative estimate of drug-likeness (QED) is 0.709. The van der Waals surface area contributed by atoms with Crippen molar-refractivity contribution in [1.29, 1.82) is 0 Å². The molecule has 2 aromatic heterocycles. The monoisotopic (exact) mass is 369 g/mol. The van der Waals surface area contributed by atoms with Gasteiger partial charge in [0.15, 0.2) is 17.1 Å². The molecule has 1 amide bonds. The van der Waals surface area contributed by atoms with Crippen LogP contribution in [0.2, 0.25) is 0 Å². The summed E-state index contributed by atoms with van der Waals surface area (Å²) in [6.07, 6.45) is 1.52. The third-order valence-corrected chi connectivity index (χ3v) is 4.09. The highest BCUT2D eigenvalue weighted by atomic mass is 16.5. The number of fused-ring (bicyclic) bond motifs is 1. The van der Waals surface area contributed by atoms with Gasteiger partial charge < -0.3 is 19.9 Å². The lowest BCUT2D eigenvalue weighted by Crippen LogP contribution is -2.31. The number of hydrogen-bond acceptors (Lipinski definition) is 6. The second-order valence-corrected chi connectivity index (χ2v) is 5.92. The first-order chi connectivity index (χ1) is 12.9. The van der Waals surface area contributed by atoms with E-state index in [1.165, 1.54) is 24.8 Å². The molecule has 0 fully saturated rings. The minimum absolute atomic E-state index is 0.134. The molecule has 0 aliphatic rings. The molecular formula is C19H19N3O5. The predicted molar refractivity (Wildman–Crippen MR) is 98.6 cm³/mol. The third kappa shape index (κ3) is 3.55. The number of pyridine rings is 1. The fourth-order valence-electron chi connectivity index (χ4n) is 2.69. The zero-order valence-corrected chi connectivity index (χ0v) is 15.1. The van der Waals surface area contributed by atoms with Gasteiger partial charge in [0.1, 0.15) is 5.65 Å². The molecule has 0 atom stereocenters. The van der Waals surface area contributed by atoms with Gasteiger partial charge in [0.05, 0.1) is 14.2 Å². The van der Waals surface area contributed by atoms with Crippen LogP contribution in [0.1, 0.15) is 21.5 Å². The fourth-order valence-corrected chi connectivity index (χ4v) is 2.69. The summed E-state index contributed by atoms with van der Waals surface area (Å²) in [5.41, 5.74) is 0.852. The summed E-state index contributed by atoms with van der Waals surface area (Å²) in [6.45, 7) is 1.97. The van der Waals surface area contributed by atoms with E-state index in [2.05, 4.69) is 10.3 Å². The zero-order chi connectivity index (χ0) is 19.6. The van der Waals surface area contributed by atoms with Crippen molar-refractivity contribution in [3.8, 4) is 17.4 Å². The molecule has 0 aliphatic carbocycles. The second kappa shape index (κ2) is 7.36. The predicted octanol–water partition coefficient (Wildman–Crippen LogP) is 1.66. The van der Waals surface area contributed by atoms with Crippen molar-refractivity contribution in [3.63, 3.8) is 0 Å². The number of amides is 1. The van der Waals surface area contributed by atoms with Crippen LogP contribution in [0.5, 0.6) is 17.4 Å². The van der Waals surface area contributed by atoms with Crippen molar-refractivity contribution < 1.29 is 19.4 Å². The summed E-state index contributed by atoms with van der Waals surface area (Å²) in [5.74, 6) is -0.224. The Hall–Kier alpha value is -3.55. The molecule has 0 spiro atoms. The van der Waals surface area contributed by atoms with Crippen LogP contribution in [0.15, 0.2) is 41.3 Å². The van der Waals surface area contributed by atoms with E-state index in [1.54, 1.807) is 30.3 Å². The van der Waals surface area contributed by atoms with Crippen LogP contribution < -0.4 is 20.3 Å². The van der Waals surface area contributed by atoms with Gasteiger partial charge in [-0.3, -0.25) is 14.0 Å². The lowest BCUT2D eigenvalue weighted by atomic mass is 10.2. The number of carbonyl (C=O) groups is 1. The van der Waals surface area contributed by atoms with Crippen LogP contribution in [0.4, 0.5) is 0 Å². The summed E-state index contributed by atoms with van der Waals surface area (Å²) >= 11 is 0. The summed E-state index contributed by atoms with van der Waals surface area (Å²) in [6, 6.07) is 8.56. The Morgan fingerprint density at radius 2 is 1.93 bits per heavy atom. The van der Waals surface area contributed by atoms with Gasteiger partial charge in [-0.25, -0.2) is 0 Å². The van der Waals surface area contributed by atoms with Crippen LogP contribution in [-0.4, -0.2) is 34.6 Å². The fraction of sp³-hybridized carbons (Fsp3) is 0.211. The van der Waals surface area contributed by atoms with Gasteiger partial charge in [-0.15, -0.1) is 0 Å². The number of methoxy groups -OCH3 is 2. The lowest BCUT2D eigenvalue weighted by Gasteiger charge is -2.11. The number of benzene rings is 1. The Balaban J connectivity index is 1.87. The van der Waals surface area contributed by atoms with Crippen molar-refractivity contribution in [2.45, 2.75) is 13.5 Å². The Labute approximate surface area is 155 Å². The van der Waals surface area contributed by atoms with E-state index in [0.29, 0.717) is 11.5 Å².